The lowest BCUT2D eigenvalue weighted by Crippen LogP contribution is -2.07. The lowest BCUT2D eigenvalue weighted by atomic mass is 10.3. The zero-order chi connectivity index (χ0) is 11.2. The number of fused-ring (bicyclic) bond motifs is 1. The van der Waals surface area contributed by atoms with Crippen molar-refractivity contribution in [2.75, 3.05) is 5.75 Å². The van der Waals surface area contributed by atoms with Crippen molar-refractivity contribution in [1.82, 2.24) is 4.98 Å². The molecule has 3 nitrogen and oxygen atoms in total. The van der Waals surface area contributed by atoms with Gasteiger partial charge in [0.1, 0.15) is 0 Å². The van der Waals surface area contributed by atoms with E-state index in [1.165, 1.54) is 11.3 Å². The highest BCUT2D eigenvalue weighted by atomic mass is 32.2. The zero-order valence-corrected chi connectivity index (χ0v) is 10.2. The van der Waals surface area contributed by atoms with E-state index in [0.29, 0.717) is 5.92 Å². The lowest BCUT2D eigenvalue weighted by Gasteiger charge is -1.96. The zero-order valence-electron chi connectivity index (χ0n) is 8.59. The molecule has 0 radical (unpaired) electrons. The van der Waals surface area contributed by atoms with Crippen molar-refractivity contribution in [3.63, 3.8) is 0 Å². The molecule has 1 aliphatic rings. The van der Waals surface area contributed by atoms with E-state index in [0.717, 1.165) is 23.1 Å². The number of para-hydroxylation sites is 1. The number of thiazole rings is 1. The minimum atomic E-state index is -3.15. The Bertz CT molecular complexity index is 593. The van der Waals surface area contributed by atoms with E-state index in [1.807, 2.05) is 24.3 Å². The number of sulfone groups is 1. The van der Waals surface area contributed by atoms with Crippen molar-refractivity contribution >= 4 is 31.4 Å². The second kappa shape index (κ2) is 3.53. The molecule has 0 atom stereocenters. The predicted octanol–water partition coefficient (Wildman–Crippen LogP) is 2.48. The Morgan fingerprint density at radius 3 is 2.75 bits per heavy atom. The molecule has 0 saturated heterocycles. The van der Waals surface area contributed by atoms with Crippen LogP contribution < -0.4 is 0 Å². The monoisotopic (exact) mass is 253 g/mol. The molecule has 0 N–H and O–H groups in total. The highest BCUT2D eigenvalue weighted by molar-refractivity contribution is 7.93. The topological polar surface area (TPSA) is 47.0 Å². The minimum Gasteiger partial charge on any atom is -0.225 e. The van der Waals surface area contributed by atoms with Gasteiger partial charge in [0.25, 0.3) is 0 Å². The summed E-state index contributed by atoms with van der Waals surface area (Å²) >= 11 is 1.27. The molecule has 3 rings (SSSR count). The Balaban J connectivity index is 2.04. The number of rotatable bonds is 3. The molecule has 1 aromatic heterocycles. The molecule has 0 unspecified atom stereocenters. The van der Waals surface area contributed by atoms with Crippen LogP contribution in [-0.4, -0.2) is 19.2 Å². The molecule has 2 aromatic rings. The average molecular weight is 253 g/mol. The van der Waals surface area contributed by atoms with E-state index >= 15 is 0 Å². The fraction of sp³-hybridized carbons (Fsp3) is 0.364. The van der Waals surface area contributed by atoms with E-state index in [2.05, 4.69) is 4.98 Å². The summed E-state index contributed by atoms with van der Waals surface area (Å²) in [7, 11) is -3.15. The molecule has 0 bridgehead atoms. The van der Waals surface area contributed by atoms with Crippen LogP contribution in [0.4, 0.5) is 0 Å². The first kappa shape index (κ1) is 10.2. The highest BCUT2D eigenvalue weighted by Gasteiger charge is 2.30. The van der Waals surface area contributed by atoms with Crippen LogP contribution in [0.1, 0.15) is 12.8 Å². The predicted molar refractivity (Wildman–Crippen MR) is 64.4 cm³/mol. The molecule has 0 amide bonds. The van der Waals surface area contributed by atoms with Gasteiger partial charge in [-0.2, -0.15) is 0 Å². The van der Waals surface area contributed by atoms with Crippen LogP contribution in [0.25, 0.3) is 10.2 Å². The first-order chi connectivity index (χ1) is 7.65. The van der Waals surface area contributed by atoms with E-state index < -0.39 is 9.84 Å². The third-order valence-corrected chi connectivity index (χ3v) is 6.07. The first-order valence-corrected chi connectivity index (χ1v) is 7.70. The van der Waals surface area contributed by atoms with Crippen LogP contribution >= 0.6 is 11.3 Å². The summed E-state index contributed by atoms with van der Waals surface area (Å²) < 4.78 is 25.2. The van der Waals surface area contributed by atoms with E-state index in [9.17, 15) is 8.42 Å². The molecule has 84 valence electrons. The van der Waals surface area contributed by atoms with Crippen LogP contribution in [0.15, 0.2) is 28.6 Å². The molecule has 5 heteroatoms. The van der Waals surface area contributed by atoms with Gasteiger partial charge >= 0.3 is 0 Å². The standard InChI is InChI=1S/C11H11NO2S2/c13-16(14,7-8-5-6-8)11-12-9-3-1-2-4-10(9)15-11/h1-4,8H,5-7H2. The summed E-state index contributed by atoms with van der Waals surface area (Å²) in [6.07, 6.45) is 2.09. The van der Waals surface area contributed by atoms with Gasteiger partial charge in [-0.25, -0.2) is 13.4 Å². The van der Waals surface area contributed by atoms with Crippen molar-refractivity contribution in [2.45, 2.75) is 17.2 Å². The fourth-order valence-electron chi connectivity index (χ4n) is 1.65. The van der Waals surface area contributed by atoms with Gasteiger partial charge in [0.2, 0.25) is 14.2 Å². The first-order valence-electron chi connectivity index (χ1n) is 5.23. The van der Waals surface area contributed by atoms with Gasteiger partial charge in [0.15, 0.2) is 0 Å². The van der Waals surface area contributed by atoms with Gasteiger partial charge < -0.3 is 0 Å². The molecule has 16 heavy (non-hydrogen) atoms. The molecule has 0 aliphatic heterocycles. The minimum absolute atomic E-state index is 0.271. The Labute approximate surface area is 98.1 Å². The summed E-state index contributed by atoms with van der Waals surface area (Å²) in [4.78, 5) is 4.20. The molecule has 1 aromatic carbocycles. The molecule has 1 heterocycles. The second-order valence-electron chi connectivity index (χ2n) is 4.17. The van der Waals surface area contributed by atoms with Crippen molar-refractivity contribution < 1.29 is 8.42 Å². The Hall–Kier alpha value is -0.940. The smallest absolute Gasteiger partial charge is 0.210 e. The second-order valence-corrected chi connectivity index (χ2v) is 7.41. The van der Waals surface area contributed by atoms with Gasteiger partial charge in [-0.3, -0.25) is 0 Å². The number of hydrogen-bond acceptors (Lipinski definition) is 4. The van der Waals surface area contributed by atoms with Crippen molar-refractivity contribution in [3.05, 3.63) is 24.3 Å². The molecule has 1 aliphatic carbocycles. The largest absolute Gasteiger partial charge is 0.225 e. The number of aromatic nitrogens is 1. The summed E-state index contributed by atoms with van der Waals surface area (Å²) in [6, 6.07) is 7.53. The maximum Gasteiger partial charge on any atom is 0.210 e. The van der Waals surface area contributed by atoms with Crippen molar-refractivity contribution in [3.8, 4) is 0 Å². The summed E-state index contributed by atoms with van der Waals surface area (Å²) in [5.74, 6) is 0.643. The summed E-state index contributed by atoms with van der Waals surface area (Å²) in [6.45, 7) is 0. The number of nitrogens with zero attached hydrogens (tertiary/aromatic N) is 1. The van der Waals surface area contributed by atoms with Crippen molar-refractivity contribution in [2.24, 2.45) is 5.92 Å². The fourth-order valence-corrected chi connectivity index (χ4v) is 4.66. The van der Waals surface area contributed by atoms with Crippen LogP contribution in [0, 0.1) is 5.92 Å². The molecular weight excluding hydrogens is 242 g/mol. The van der Waals surface area contributed by atoms with Gasteiger partial charge in [-0.1, -0.05) is 12.1 Å². The lowest BCUT2D eigenvalue weighted by molar-refractivity contribution is 0.592. The van der Waals surface area contributed by atoms with Crippen LogP contribution in [0.2, 0.25) is 0 Å². The Kier molecular flexibility index (Phi) is 2.26. The Morgan fingerprint density at radius 1 is 1.31 bits per heavy atom. The number of benzene rings is 1. The summed E-state index contributed by atoms with van der Waals surface area (Å²) in [5, 5.41) is 0. The SMILES string of the molecule is O=S(=O)(CC1CC1)c1nc2ccccc2s1. The molecule has 1 saturated carbocycles. The van der Waals surface area contributed by atoms with Gasteiger partial charge in [-0.15, -0.1) is 11.3 Å². The maximum atomic E-state index is 12.0. The normalized spacial score (nSPS) is 16.8. The number of hydrogen-bond donors (Lipinski definition) is 0. The molecule has 0 spiro atoms. The third kappa shape index (κ3) is 1.85. The van der Waals surface area contributed by atoms with Crippen molar-refractivity contribution in [1.29, 1.82) is 0 Å². The molecule has 1 fully saturated rings. The Morgan fingerprint density at radius 2 is 2.06 bits per heavy atom. The summed E-state index contributed by atoms with van der Waals surface area (Å²) in [5.41, 5.74) is 0.780. The van der Waals surface area contributed by atoms with Crippen LogP contribution in [0.3, 0.4) is 0 Å². The van der Waals surface area contributed by atoms with Crippen LogP contribution in [0.5, 0.6) is 0 Å². The average Bonchev–Trinajstić information content (AvgIpc) is 2.94. The highest BCUT2D eigenvalue weighted by Crippen LogP contribution is 2.34. The van der Waals surface area contributed by atoms with Gasteiger partial charge in [0.05, 0.1) is 16.0 Å². The third-order valence-electron chi connectivity index (χ3n) is 2.69. The van der Waals surface area contributed by atoms with E-state index in [4.69, 9.17) is 0 Å². The van der Waals surface area contributed by atoms with E-state index in [1.54, 1.807) is 0 Å². The van der Waals surface area contributed by atoms with Gasteiger partial charge in [-0.05, 0) is 30.9 Å². The van der Waals surface area contributed by atoms with E-state index in [-0.39, 0.29) is 10.1 Å². The van der Waals surface area contributed by atoms with Crippen LogP contribution in [-0.2, 0) is 9.84 Å². The quantitative estimate of drug-likeness (QED) is 0.844. The molecular formula is C11H11NO2S2. The maximum absolute atomic E-state index is 12.0. The van der Waals surface area contributed by atoms with Gasteiger partial charge in [0, 0.05) is 0 Å².